The Morgan fingerprint density at radius 1 is 0.962 bits per heavy atom. The maximum atomic E-state index is 11.6. The number of anilines is 2. The molecule has 0 aliphatic carbocycles. The van der Waals surface area contributed by atoms with Crippen molar-refractivity contribution in [1.29, 1.82) is 0 Å². The minimum Gasteiger partial charge on any atom is -0.465 e. The van der Waals surface area contributed by atoms with Gasteiger partial charge in [0.15, 0.2) is 0 Å². The van der Waals surface area contributed by atoms with Crippen LogP contribution in [0.2, 0.25) is 0 Å². The number of ether oxygens (including phenoxy) is 1. The Labute approximate surface area is 152 Å². The number of pyridine rings is 1. The second-order valence-corrected chi connectivity index (χ2v) is 6.10. The summed E-state index contributed by atoms with van der Waals surface area (Å²) < 4.78 is 4.77. The maximum absolute atomic E-state index is 11.6. The van der Waals surface area contributed by atoms with Crippen molar-refractivity contribution < 1.29 is 9.53 Å². The highest BCUT2D eigenvalue weighted by molar-refractivity contribution is 5.90. The number of fused-ring (bicyclic) bond motifs is 2. The summed E-state index contributed by atoms with van der Waals surface area (Å²) in [6, 6.07) is 17.9. The molecule has 1 aliphatic heterocycles. The third kappa shape index (κ3) is 2.97. The zero-order chi connectivity index (χ0) is 17.9. The third-order valence-electron chi connectivity index (χ3n) is 4.51. The lowest BCUT2D eigenvalue weighted by Crippen LogP contribution is -2.18. The number of hydrogen-bond donors (Lipinski definition) is 0. The second kappa shape index (κ2) is 6.84. The Hall–Kier alpha value is -3.40. The Balaban J connectivity index is 1.74. The molecule has 3 aromatic rings. The number of hydrogen-bond acceptors (Lipinski definition) is 4. The first-order valence-corrected chi connectivity index (χ1v) is 8.42. The molecule has 1 aromatic heterocycles. The lowest BCUT2D eigenvalue weighted by Gasteiger charge is -2.26. The van der Waals surface area contributed by atoms with Crippen molar-refractivity contribution in [1.82, 2.24) is 4.98 Å². The third-order valence-corrected chi connectivity index (χ3v) is 4.51. The smallest absolute Gasteiger partial charge is 0.337 e. The molecule has 0 unspecified atom stereocenters. The van der Waals surface area contributed by atoms with Gasteiger partial charge < -0.3 is 9.64 Å². The van der Waals surface area contributed by atoms with Crippen LogP contribution >= 0.6 is 0 Å². The minimum atomic E-state index is -0.324. The van der Waals surface area contributed by atoms with Gasteiger partial charge in [0.2, 0.25) is 0 Å². The van der Waals surface area contributed by atoms with E-state index in [0.717, 1.165) is 28.1 Å². The zero-order valence-corrected chi connectivity index (χ0v) is 14.4. The van der Waals surface area contributed by atoms with Gasteiger partial charge in [-0.3, -0.25) is 4.98 Å². The quantitative estimate of drug-likeness (QED) is 0.648. The van der Waals surface area contributed by atoms with Crippen LogP contribution in [0, 0.1) is 0 Å². The second-order valence-electron chi connectivity index (χ2n) is 6.10. The van der Waals surface area contributed by atoms with Gasteiger partial charge in [0, 0.05) is 24.0 Å². The van der Waals surface area contributed by atoms with Crippen molar-refractivity contribution in [3.05, 3.63) is 89.2 Å². The first kappa shape index (κ1) is 16.1. The first-order valence-electron chi connectivity index (χ1n) is 8.42. The van der Waals surface area contributed by atoms with E-state index in [2.05, 4.69) is 34.2 Å². The van der Waals surface area contributed by atoms with Crippen LogP contribution in [0.3, 0.4) is 0 Å². The molecule has 0 spiro atoms. The van der Waals surface area contributed by atoms with Gasteiger partial charge in [0.05, 0.1) is 24.6 Å². The molecule has 0 saturated heterocycles. The summed E-state index contributed by atoms with van der Waals surface area (Å²) in [4.78, 5) is 18.2. The molecular formula is C22H18N2O2. The van der Waals surface area contributed by atoms with Gasteiger partial charge in [0.25, 0.3) is 0 Å². The summed E-state index contributed by atoms with van der Waals surface area (Å²) in [5.74, 6) is -0.324. The highest BCUT2D eigenvalue weighted by atomic mass is 16.5. The summed E-state index contributed by atoms with van der Waals surface area (Å²) in [7, 11) is 1.39. The van der Waals surface area contributed by atoms with E-state index in [1.165, 1.54) is 7.11 Å². The molecule has 1 aliphatic rings. The molecule has 4 heteroatoms. The fraction of sp³-hybridized carbons (Fsp3) is 0.0909. The average molecular weight is 342 g/mol. The van der Waals surface area contributed by atoms with Crippen molar-refractivity contribution in [2.45, 2.75) is 6.54 Å². The monoisotopic (exact) mass is 342 g/mol. The molecule has 0 fully saturated rings. The molecule has 128 valence electrons. The Morgan fingerprint density at radius 3 is 2.46 bits per heavy atom. The number of carbonyl (C=O) groups is 1. The number of para-hydroxylation sites is 1. The fourth-order valence-electron chi connectivity index (χ4n) is 3.16. The molecule has 26 heavy (non-hydrogen) atoms. The van der Waals surface area contributed by atoms with Crippen LogP contribution in [0.5, 0.6) is 0 Å². The van der Waals surface area contributed by atoms with Crippen LogP contribution in [0.4, 0.5) is 11.4 Å². The van der Waals surface area contributed by atoms with Crippen LogP contribution in [0.15, 0.2) is 67.0 Å². The van der Waals surface area contributed by atoms with E-state index < -0.39 is 0 Å². The van der Waals surface area contributed by atoms with Crippen LogP contribution in [-0.4, -0.2) is 18.1 Å². The predicted octanol–water partition coefficient (Wildman–Crippen LogP) is 4.69. The molecule has 0 radical (unpaired) electrons. The van der Waals surface area contributed by atoms with E-state index in [1.807, 2.05) is 42.7 Å². The normalized spacial score (nSPS) is 12.1. The van der Waals surface area contributed by atoms with Gasteiger partial charge in [-0.15, -0.1) is 0 Å². The number of benzene rings is 2. The number of carbonyl (C=O) groups excluding carboxylic acids is 1. The van der Waals surface area contributed by atoms with E-state index in [0.29, 0.717) is 12.1 Å². The van der Waals surface area contributed by atoms with Gasteiger partial charge in [-0.05, 0) is 35.4 Å². The van der Waals surface area contributed by atoms with Crippen LogP contribution < -0.4 is 4.90 Å². The molecule has 0 N–H and O–H groups in total. The van der Waals surface area contributed by atoms with Crippen molar-refractivity contribution in [2.24, 2.45) is 0 Å². The number of esters is 1. The van der Waals surface area contributed by atoms with Crippen LogP contribution in [0.1, 0.15) is 27.0 Å². The SMILES string of the molecule is COC(=O)c1ccc(CN2c3ccccc3C=Cc3ccncc32)cc1. The van der Waals surface area contributed by atoms with Crippen LogP contribution in [0.25, 0.3) is 12.2 Å². The Bertz CT molecular complexity index is 928. The zero-order valence-electron chi connectivity index (χ0n) is 14.4. The number of rotatable bonds is 3. The van der Waals surface area contributed by atoms with E-state index in [9.17, 15) is 4.79 Å². The summed E-state index contributed by atoms with van der Waals surface area (Å²) in [6.45, 7) is 0.679. The number of aromatic nitrogens is 1. The topological polar surface area (TPSA) is 42.4 Å². The van der Waals surface area contributed by atoms with Gasteiger partial charge in [0.1, 0.15) is 0 Å². The number of nitrogens with zero attached hydrogens (tertiary/aromatic N) is 2. The van der Waals surface area contributed by atoms with Crippen molar-refractivity contribution in [2.75, 3.05) is 12.0 Å². The largest absolute Gasteiger partial charge is 0.465 e. The lowest BCUT2D eigenvalue weighted by atomic mass is 10.1. The predicted molar refractivity (Wildman–Crippen MR) is 103 cm³/mol. The van der Waals surface area contributed by atoms with Gasteiger partial charge in [-0.1, -0.05) is 42.5 Å². The molecule has 2 heterocycles. The highest BCUT2D eigenvalue weighted by Gasteiger charge is 2.18. The summed E-state index contributed by atoms with van der Waals surface area (Å²) >= 11 is 0. The highest BCUT2D eigenvalue weighted by Crippen LogP contribution is 2.36. The molecule has 0 saturated carbocycles. The van der Waals surface area contributed by atoms with Crippen molar-refractivity contribution in [3.63, 3.8) is 0 Å². The van der Waals surface area contributed by atoms with Crippen LogP contribution in [-0.2, 0) is 11.3 Å². The molecule has 4 rings (SSSR count). The van der Waals surface area contributed by atoms with Crippen molar-refractivity contribution >= 4 is 29.5 Å². The van der Waals surface area contributed by atoms with Gasteiger partial charge in [-0.25, -0.2) is 4.79 Å². The first-order chi connectivity index (χ1) is 12.8. The van der Waals surface area contributed by atoms with E-state index in [1.54, 1.807) is 12.1 Å². The van der Waals surface area contributed by atoms with Crippen molar-refractivity contribution in [3.8, 4) is 0 Å². The Kier molecular flexibility index (Phi) is 4.23. The summed E-state index contributed by atoms with van der Waals surface area (Å²) in [5, 5.41) is 0. The van der Waals surface area contributed by atoms with E-state index >= 15 is 0 Å². The van der Waals surface area contributed by atoms with Gasteiger partial charge in [-0.2, -0.15) is 0 Å². The Morgan fingerprint density at radius 2 is 1.69 bits per heavy atom. The molecule has 0 amide bonds. The molecular weight excluding hydrogens is 324 g/mol. The molecule has 4 nitrogen and oxygen atoms in total. The van der Waals surface area contributed by atoms with Gasteiger partial charge >= 0.3 is 5.97 Å². The van der Waals surface area contributed by atoms with E-state index in [4.69, 9.17) is 4.74 Å². The number of methoxy groups -OCH3 is 1. The van der Waals surface area contributed by atoms with E-state index in [-0.39, 0.29) is 5.97 Å². The fourth-order valence-corrected chi connectivity index (χ4v) is 3.16. The summed E-state index contributed by atoms with van der Waals surface area (Å²) in [5.41, 5.74) is 6.14. The lowest BCUT2D eigenvalue weighted by molar-refractivity contribution is 0.0600. The summed E-state index contributed by atoms with van der Waals surface area (Å²) in [6.07, 6.45) is 7.96. The molecule has 2 aromatic carbocycles. The minimum absolute atomic E-state index is 0.324. The maximum Gasteiger partial charge on any atom is 0.337 e. The average Bonchev–Trinajstić information content (AvgIpc) is 2.86. The molecule has 0 bridgehead atoms. The standard InChI is InChI=1S/C22H18N2O2/c1-26-22(25)19-8-6-16(7-9-19)15-24-20-5-3-2-4-17(20)10-11-18-12-13-23-14-21(18)24/h2-14H,15H2,1H3. The molecule has 0 atom stereocenters.